The number of cyclic esters (lactones) is 2. The van der Waals surface area contributed by atoms with Crippen LogP contribution in [-0.2, 0) is 14.3 Å². The Kier molecular flexibility index (Phi) is 5.92. The van der Waals surface area contributed by atoms with Crippen LogP contribution in [0.15, 0.2) is 80.2 Å². The van der Waals surface area contributed by atoms with Gasteiger partial charge in [-0.05, 0) is 73.2 Å². The predicted molar refractivity (Wildman–Crippen MR) is 114 cm³/mol. The third kappa shape index (κ3) is 4.55. The van der Waals surface area contributed by atoms with E-state index >= 15 is 0 Å². The summed E-state index contributed by atoms with van der Waals surface area (Å²) in [6.45, 7) is 1.91. The Labute approximate surface area is 185 Å². The smallest absolute Gasteiger partial charge is 0.346 e. The van der Waals surface area contributed by atoms with Gasteiger partial charge in [-0.25, -0.2) is 14.4 Å². The molecule has 0 unspecified atom stereocenters. The molecule has 0 N–H and O–H groups in total. The van der Waals surface area contributed by atoms with Gasteiger partial charge >= 0.3 is 24.4 Å². The maximum absolute atomic E-state index is 11.7. The van der Waals surface area contributed by atoms with Gasteiger partial charge in [0.25, 0.3) is 0 Å². The van der Waals surface area contributed by atoms with Gasteiger partial charge in [0, 0.05) is 19.6 Å². The van der Waals surface area contributed by atoms with Crippen molar-refractivity contribution in [2.24, 2.45) is 0 Å². The summed E-state index contributed by atoms with van der Waals surface area (Å²) in [6, 6.07) is 18.2. The van der Waals surface area contributed by atoms with E-state index in [-0.39, 0.29) is 12.0 Å². The Balaban J connectivity index is 1.44. The van der Waals surface area contributed by atoms with Gasteiger partial charge in [-0.15, -0.1) is 0 Å². The molecule has 6 nitrogen and oxygen atoms in total. The summed E-state index contributed by atoms with van der Waals surface area (Å²) in [5, 5.41) is 0. The lowest BCUT2D eigenvalue weighted by molar-refractivity contribution is -0.123. The van der Waals surface area contributed by atoms with Crippen LogP contribution in [0, 0.1) is 6.92 Å². The lowest BCUT2D eigenvalue weighted by Gasteiger charge is -2.08. The standard InChI is InChI=1S/C23H14O6S2/c1-13-10-16(6-8-18(13)21(25)28-12-24)30-14-2-4-15(5-3-14)31-17-7-9-19-20(11-17)23(27)29-22(19)26/h2-12H,1H3. The molecular weight excluding hydrogens is 436 g/mol. The third-order valence-corrected chi connectivity index (χ3v) is 6.48. The molecule has 0 saturated heterocycles. The summed E-state index contributed by atoms with van der Waals surface area (Å²) in [4.78, 5) is 49.1. The van der Waals surface area contributed by atoms with E-state index in [1.807, 2.05) is 30.3 Å². The molecule has 0 aromatic heterocycles. The van der Waals surface area contributed by atoms with E-state index in [2.05, 4.69) is 9.47 Å². The molecule has 3 aromatic carbocycles. The first-order valence-electron chi connectivity index (χ1n) is 9.06. The van der Waals surface area contributed by atoms with Gasteiger partial charge in [0.2, 0.25) is 0 Å². The van der Waals surface area contributed by atoms with Crippen molar-refractivity contribution >= 4 is 47.9 Å². The van der Waals surface area contributed by atoms with E-state index in [0.29, 0.717) is 11.1 Å². The topological polar surface area (TPSA) is 86.7 Å². The molecule has 0 radical (unpaired) electrons. The Morgan fingerprint density at radius 1 is 0.806 bits per heavy atom. The molecule has 0 spiro atoms. The maximum atomic E-state index is 11.7. The number of hydrogen-bond acceptors (Lipinski definition) is 8. The first-order chi connectivity index (χ1) is 14.9. The Morgan fingerprint density at radius 3 is 1.97 bits per heavy atom. The Morgan fingerprint density at radius 2 is 1.35 bits per heavy atom. The molecule has 1 aliphatic heterocycles. The number of rotatable bonds is 6. The minimum atomic E-state index is -0.672. The molecule has 0 bridgehead atoms. The van der Waals surface area contributed by atoms with Crippen LogP contribution >= 0.6 is 23.5 Å². The number of fused-ring (bicyclic) bond motifs is 1. The van der Waals surface area contributed by atoms with Crippen molar-refractivity contribution < 1.29 is 28.7 Å². The lowest BCUT2D eigenvalue weighted by atomic mass is 10.1. The number of benzene rings is 3. The van der Waals surface area contributed by atoms with Crippen LogP contribution in [0.2, 0.25) is 0 Å². The maximum Gasteiger partial charge on any atom is 0.346 e. The highest BCUT2D eigenvalue weighted by Crippen LogP contribution is 2.34. The number of esters is 3. The zero-order chi connectivity index (χ0) is 22.0. The fraction of sp³-hybridized carbons (Fsp3) is 0.0435. The first-order valence-corrected chi connectivity index (χ1v) is 10.7. The van der Waals surface area contributed by atoms with Crippen molar-refractivity contribution in [3.63, 3.8) is 0 Å². The molecule has 1 aliphatic rings. The number of carbonyl (C=O) groups is 4. The van der Waals surface area contributed by atoms with Gasteiger partial charge in [0.05, 0.1) is 16.7 Å². The quantitative estimate of drug-likeness (QED) is 0.297. The minimum absolute atomic E-state index is 0.123. The van der Waals surface area contributed by atoms with Crippen molar-refractivity contribution in [3.8, 4) is 0 Å². The van der Waals surface area contributed by atoms with Crippen LogP contribution in [0.1, 0.15) is 36.6 Å². The number of ether oxygens (including phenoxy) is 2. The van der Waals surface area contributed by atoms with Crippen molar-refractivity contribution in [3.05, 3.63) is 82.9 Å². The molecule has 0 amide bonds. The molecule has 0 atom stereocenters. The molecule has 3 aromatic rings. The number of hydrogen-bond donors (Lipinski definition) is 0. The van der Waals surface area contributed by atoms with Crippen molar-refractivity contribution in [2.45, 2.75) is 26.5 Å². The molecule has 0 aliphatic carbocycles. The largest absolute Gasteiger partial charge is 0.392 e. The molecule has 4 rings (SSSR count). The minimum Gasteiger partial charge on any atom is -0.392 e. The average Bonchev–Trinajstić information content (AvgIpc) is 3.03. The summed E-state index contributed by atoms with van der Waals surface area (Å²) in [7, 11) is 0. The van der Waals surface area contributed by atoms with E-state index < -0.39 is 17.9 Å². The summed E-state index contributed by atoms with van der Waals surface area (Å²) < 4.78 is 9.01. The number of aryl methyl sites for hydroxylation is 1. The summed E-state index contributed by atoms with van der Waals surface area (Å²) >= 11 is 3.01. The predicted octanol–water partition coefficient (Wildman–Crippen LogP) is 4.92. The van der Waals surface area contributed by atoms with Gasteiger partial charge in [-0.2, -0.15) is 0 Å². The van der Waals surface area contributed by atoms with E-state index in [9.17, 15) is 19.2 Å². The molecule has 154 valence electrons. The zero-order valence-corrected chi connectivity index (χ0v) is 17.7. The fourth-order valence-electron chi connectivity index (χ4n) is 3.01. The molecule has 0 saturated carbocycles. The van der Waals surface area contributed by atoms with Gasteiger partial charge < -0.3 is 9.47 Å². The van der Waals surface area contributed by atoms with E-state index in [4.69, 9.17) is 0 Å². The van der Waals surface area contributed by atoms with Crippen LogP contribution < -0.4 is 0 Å². The van der Waals surface area contributed by atoms with E-state index in [1.165, 1.54) is 23.5 Å². The molecule has 1 heterocycles. The number of carbonyl (C=O) groups excluding carboxylic acids is 4. The average molecular weight is 450 g/mol. The Hall–Kier alpha value is -3.36. The second-order valence-electron chi connectivity index (χ2n) is 6.54. The van der Waals surface area contributed by atoms with Gasteiger partial charge in [-0.1, -0.05) is 23.5 Å². The summed E-state index contributed by atoms with van der Waals surface area (Å²) in [6.07, 6.45) is 0. The van der Waals surface area contributed by atoms with Crippen molar-refractivity contribution in [1.29, 1.82) is 0 Å². The zero-order valence-electron chi connectivity index (χ0n) is 16.1. The second-order valence-corrected chi connectivity index (χ2v) is 8.83. The van der Waals surface area contributed by atoms with Gasteiger partial charge in [-0.3, -0.25) is 4.79 Å². The fourth-order valence-corrected chi connectivity index (χ4v) is 4.78. The first kappa shape index (κ1) is 20.9. The van der Waals surface area contributed by atoms with Crippen molar-refractivity contribution in [2.75, 3.05) is 0 Å². The molecule has 31 heavy (non-hydrogen) atoms. The van der Waals surface area contributed by atoms with Crippen molar-refractivity contribution in [1.82, 2.24) is 0 Å². The second kappa shape index (κ2) is 8.79. The monoisotopic (exact) mass is 450 g/mol. The highest BCUT2D eigenvalue weighted by atomic mass is 32.2. The summed E-state index contributed by atoms with van der Waals surface area (Å²) in [5.74, 6) is -1.90. The summed E-state index contributed by atoms with van der Waals surface area (Å²) in [5.41, 5.74) is 1.65. The third-order valence-electron chi connectivity index (χ3n) is 4.48. The highest BCUT2D eigenvalue weighted by Gasteiger charge is 2.29. The Bertz CT molecular complexity index is 1220. The van der Waals surface area contributed by atoms with Crippen LogP contribution in [0.5, 0.6) is 0 Å². The van der Waals surface area contributed by atoms with Crippen LogP contribution in [0.25, 0.3) is 0 Å². The van der Waals surface area contributed by atoms with Gasteiger partial charge in [0.15, 0.2) is 0 Å². The van der Waals surface area contributed by atoms with Crippen LogP contribution in [0.4, 0.5) is 0 Å². The normalized spacial score (nSPS) is 12.3. The van der Waals surface area contributed by atoms with Crippen LogP contribution in [-0.4, -0.2) is 24.4 Å². The highest BCUT2D eigenvalue weighted by molar-refractivity contribution is 7.99. The SMILES string of the molecule is Cc1cc(Sc2ccc(Sc3ccc4c(c3)C(=O)OC4=O)cc2)ccc1C(=O)OC=O. The van der Waals surface area contributed by atoms with Gasteiger partial charge in [0.1, 0.15) is 0 Å². The lowest BCUT2D eigenvalue weighted by Crippen LogP contribution is -2.05. The molecule has 0 fully saturated rings. The van der Waals surface area contributed by atoms with Crippen LogP contribution in [0.3, 0.4) is 0 Å². The van der Waals surface area contributed by atoms with E-state index in [0.717, 1.165) is 25.1 Å². The molecular formula is C23H14O6S2. The molecule has 8 heteroatoms. The van der Waals surface area contributed by atoms with E-state index in [1.54, 1.807) is 37.3 Å².